The van der Waals surface area contributed by atoms with Crippen LogP contribution in [0.1, 0.15) is 0 Å². The van der Waals surface area contributed by atoms with E-state index in [9.17, 15) is 0 Å². The van der Waals surface area contributed by atoms with E-state index in [0.717, 1.165) is 33.7 Å². The Morgan fingerprint density at radius 1 is 0.298 bits per heavy atom. The molecule has 2 heteroatoms. The monoisotopic (exact) mass is 724 g/mol. The van der Waals surface area contributed by atoms with Crippen molar-refractivity contribution in [1.29, 1.82) is 0 Å². The van der Waals surface area contributed by atoms with Crippen molar-refractivity contribution < 1.29 is 0 Å². The maximum Gasteiger partial charge on any atom is 0.145 e. The highest BCUT2D eigenvalue weighted by Crippen LogP contribution is 2.46. The van der Waals surface area contributed by atoms with Crippen LogP contribution in [0.2, 0.25) is 0 Å². The lowest BCUT2D eigenvalue weighted by atomic mass is 9.84. The van der Waals surface area contributed by atoms with E-state index in [-0.39, 0.29) is 0 Å². The highest BCUT2D eigenvalue weighted by atomic mass is 15.1. The van der Waals surface area contributed by atoms with Gasteiger partial charge in [0.25, 0.3) is 0 Å². The predicted molar refractivity (Wildman–Crippen MR) is 241 cm³/mol. The molecule has 1 heterocycles. The Kier molecular flexibility index (Phi) is 7.86. The SMILES string of the molecule is c1ccc(-c2c3ccc(-c4ccc5ccccc5c4)cc3c(-c3ccccc3)c3ccc(-c4ccc(-c5nc6ccccc6n5-c5ccccc5)cc4)cc23)cc1. The van der Waals surface area contributed by atoms with Crippen molar-refractivity contribution in [2.24, 2.45) is 0 Å². The van der Waals surface area contributed by atoms with E-state index >= 15 is 0 Å². The van der Waals surface area contributed by atoms with Crippen molar-refractivity contribution in [3.63, 3.8) is 0 Å². The van der Waals surface area contributed by atoms with Gasteiger partial charge < -0.3 is 0 Å². The molecule has 0 fully saturated rings. The summed E-state index contributed by atoms with van der Waals surface area (Å²) in [6.07, 6.45) is 0. The third-order valence-electron chi connectivity index (χ3n) is 11.4. The molecule has 57 heavy (non-hydrogen) atoms. The largest absolute Gasteiger partial charge is 0.292 e. The Balaban J connectivity index is 1.11. The molecule has 0 N–H and O–H groups in total. The van der Waals surface area contributed by atoms with Crippen LogP contribution < -0.4 is 0 Å². The molecular weight excluding hydrogens is 689 g/mol. The predicted octanol–water partition coefficient (Wildman–Crippen LogP) is 14.8. The average molecular weight is 725 g/mol. The molecule has 0 aliphatic rings. The molecule has 0 aliphatic carbocycles. The number of nitrogens with zero attached hydrogens (tertiary/aromatic N) is 2. The fourth-order valence-corrected chi connectivity index (χ4v) is 8.66. The van der Waals surface area contributed by atoms with E-state index in [0.29, 0.717) is 0 Å². The van der Waals surface area contributed by atoms with Gasteiger partial charge in [-0.15, -0.1) is 0 Å². The first-order chi connectivity index (χ1) is 28.3. The second kappa shape index (κ2) is 13.6. The molecule has 0 aliphatic heterocycles. The standard InChI is InChI=1S/C55H36N2/c1-4-15-39(16-5-1)53-48-33-31-45(43-29-26-37-14-10-11-19-42(37)34-43)36-50(48)54(40-17-6-2-7-18-40)47-32-30-44(35-49(47)53)38-24-27-41(28-25-38)55-56-51-22-12-13-23-52(51)57(55)46-20-8-3-9-21-46/h1-36H. The number of imidazole rings is 1. The lowest BCUT2D eigenvalue weighted by Crippen LogP contribution is -1.97. The summed E-state index contributed by atoms with van der Waals surface area (Å²) >= 11 is 0. The summed E-state index contributed by atoms with van der Waals surface area (Å²) in [5.41, 5.74) is 13.9. The first-order valence-corrected chi connectivity index (χ1v) is 19.5. The van der Waals surface area contributed by atoms with Crippen LogP contribution in [-0.4, -0.2) is 9.55 Å². The Labute approximate surface area is 331 Å². The minimum atomic E-state index is 0.931. The molecule has 266 valence electrons. The fraction of sp³-hybridized carbons (Fsp3) is 0. The highest BCUT2D eigenvalue weighted by Gasteiger charge is 2.19. The van der Waals surface area contributed by atoms with Crippen LogP contribution in [0.25, 0.3) is 105 Å². The van der Waals surface area contributed by atoms with Gasteiger partial charge in [-0.1, -0.05) is 176 Å². The first-order valence-electron chi connectivity index (χ1n) is 19.5. The van der Waals surface area contributed by atoms with Gasteiger partial charge in [-0.05, 0) is 119 Å². The van der Waals surface area contributed by atoms with Gasteiger partial charge in [0.1, 0.15) is 5.82 Å². The summed E-state index contributed by atoms with van der Waals surface area (Å²) in [4.78, 5) is 5.12. The van der Waals surface area contributed by atoms with E-state index in [1.807, 2.05) is 0 Å². The van der Waals surface area contributed by atoms with Gasteiger partial charge in [-0.2, -0.15) is 0 Å². The summed E-state index contributed by atoms with van der Waals surface area (Å²) < 4.78 is 2.26. The minimum Gasteiger partial charge on any atom is -0.292 e. The van der Waals surface area contributed by atoms with Crippen LogP contribution in [0, 0.1) is 0 Å². The number of rotatable bonds is 6. The van der Waals surface area contributed by atoms with Crippen molar-refractivity contribution >= 4 is 43.4 Å². The molecule has 0 atom stereocenters. The number of fused-ring (bicyclic) bond motifs is 4. The molecule has 0 radical (unpaired) electrons. The number of benzene rings is 10. The highest BCUT2D eigenvalue weighted by molar-refractivity contribution is 6.22. The Morgan fingerprint density at radius 3 is 1.42 bits per heavy atom. The zero-order valence-corrected chi connectivity index (χ0v) is 31.2. The Morgan fingerprint density at radius 2 is 0.772 bits per heavy atom. The smallest absolute Gasteiger partial charge is 0.145 e. The molecule has 0 saturated carbocycles. The molecule has 11 rings (SSSR count). The van der Waals surface area contributed by atoms with Crippen LogP contribution in [-0.2, 0) is 0 Å². The van der Waals surface area contributed by atoms with Gasteiger partial charge in [-0.25, -0.2) is 4.98 Å². The van der Waals surface area contributed by atoms with Crippen LogP contribution >= 0.6 is 0 Å². The van der Waals surface area contributed by atoms with Crippen molar-refractivity contribution in [2.45, 2.75) is 0 Å². The lowest BCUT2D eigenvalue weighted by Gasteiger charge is -2.20. The second-order valence-corrected chi connectivity index (χ2v) is 14.7. The van der Waals surface area contributed by atoms with Crippen molar-refractivity contribution in [3.05, 3.63) is 218 Å². The van der Waals surface area contributed by atoms with Crippen LogP contribution in [0.4, 0.5) is 0 Å². The van der Waals surface area contributed by atoms with E-state index in [2.05, 4.69) is 223 Å². The molecule has 0 spiro atoms. The summed E-state index contributed by atoms with van der Waals surface area (Å²) in [5, 5.41) is 7.46. The quantitative estimate of drug-likeness (QED) is 0.156. The number of hydrogen-bond donors (Lipinski definition) is 0. The van der Waals surface area contributed by atoms with Gasteiger partial charge in [0.15, 0.2) is 0 Å². The molecule has 10 aromatic carbocycles. The Hall–Kier alpha value is -7.55. The Bertz CT molecular complexity index is 3250. The van der Waals surface area contributed by atoms with E-state index in [1.54, 1.807) is 0 Å². The second-order valence-electron chi connectivity index (χ2n) is 14.7. The molecule has 0 saturated heterocycles. The normalized spacial score (nSPS) is 11.5. The van der Waals surface area contributed by atoms with E-state index < -0.39 is 0 Å². The summed E-state index contributed by atoms with van der Waals surface area (Å²) in [7, 11) is 0. The molecular formula is C55H36N2. The van der Waals surface area contributed by atoms with Crippen molar-refractivity contribution in [2.75, 3.05) is 0 Å². The fourth-order valence-electron chi connectivity index (χ4n) is 8.66. The zero-order chi connectivity index (χ0) is 37.7. The third kappa shape index (κ3) is 5.70. The van der Waals surface area contributed by atoms with Crippen LogP contribution in [0.15, 0.2) is 218 Å². The summed E-state index contributed by atoms with van der Waals surface area (Å²) in [5.74, 6) is 0.931. The van der Waals surface area contributed by atoms with Crippen molar-refractivity contribution in [3.8, 4) is 61.6 Å². The van der Waals surface area contributed by atoms with Crippen LogP contribution in [0.5, 0.6) is 0 Å². The van der Waals surface area contributed by atoms with Gasteiger partial charge in [0, 0.05) is 11.3 Å². The van der Waals surface area contributed by atoms with Gasteiger partial charge in [-0.3, -0.25) is 4.57 Å². The van der Waals surface area contributed by atoms with Gasteiger partial charge in [0.2, 0.25) is 0 Å². The number of para-hydroxylation sites is 3. The average Bonchev–Trinajstić information content (AvgIpc) is 3.68. The topological polar surface area (TPSA) is 17.8 Å². The summed E-state index contributed by atoms with van der Waals surface area (Å²) in [6.45, 7) is 0. The number of hydrogen-bond acceptors (Lipinski definition) is 1. The van der Waals surface area contributed by atoms with Crippen LogP contribution in [0.3, 0.4) is 0 Å². The number of aromatic nitrogens is 2. The maximum absolute atomic E-state index is 5.12. The molecule has 2 nitrogen and oxygen atoms in total. The molecule has 0 unspecified atom stereocenters. The maximum atomic E-state index is 5.12. The summed E-state index contributed by atoms with van der Waals surface area (Å²) in [6, 6.07) is 79.0. The molecule has 0 bridgehead atoms. The van der Waals surface area contributed by atoms with Gasteiger partial charge >= 0.3 is 0 Å². The van der Waals surface area contributed by atoms with Crippen molar-refractivity contribution in [1.82, 2.24) is 9.55 Å². The van der Waals surface area contributed by atoms with E-state index in [1.165, 1.54) is 71.3 Å². The zero-order valence-electron chi connectivity index (χ0n) is 31.2. The molecule has 11 aromatic rings. The lowest BCUT2D eigenvalue weighted by molar-refractivity contribution is 1.10. The first kappa shape index (κ1) is 32.8. The van der Waals surface area contributed by atoms with Gasteiger partial charge in [0.05, 0.1) is 11.0 Å². The van der Waals surface area contributed by atoms with E-state index in [4.69, 9.17) is 4.98 Å². The third-order valence-corrected chi connectivity index (χ3v) is 11.4. The molecule has 1 aromatic heterocycles. The molecule has 0 amide bonds. The minimum absolute atomic E-state index is 0.931.